The molecular weight excluding hydrogens is 971 g/mol. The third-order valence-corrected chi connectivity index (χ3v) is 16.3. The molecule has 0 heterocycles. The smallest absolute Gasteiger partial charge is 0.305 e. The molecule has 0 spiro atoms. The zero-order chi connectivity index (χ0) is 57.1. The molecule has 0 aromatic carbocycles. The van der Waals surface area contributed by atoms with Gasteiger partial charge in [0.1, 0.15) is 0 Å². The van der Waals surface area contributed by atoms with Crippen LogP contribution in [0.3, 0.4) is 0 Å². The lowest BCUT2D eigenvalue weighted by Gasteiger charge is -2.20. The van der Waals surface area contributed by atoms with Gasteiger partial charge >= 0.3 is 5.97 Å². The van der Waals surface area contributed by atoms with E-state index in [4.69, 9.17) is 4.74 Å². The molecule has 0 aliphatic heterocycles. The van der Waals surface area contributed by atoms with E-state index in [1.807, 2.05) is 6.08 Å². The highest BCUT2D eigenvalue weighted by molar-refractivity contribution is 5.76. The van der Waals surface area contributed by atoms with E-state index in [1.165, 1.54) is 302 Å². The fourth-order valence-electron chi connectivity index (χ4n) is 10.9. The molecule has 0 saturated carbocycles. The van der Waals surface area contributed by atoms with Crippen molar-refractivity contribution in [2.24, 2.45) is 0 Å². The first-order valence-electron chi connectivity index (χ1n) is 35.4. The molecule has 0 fully saturated rings. The standard InChI is InChI=1S/C73H137NO5/c1-3-5-7-9-11-13-15-17-19-21-23-24-26-30-33-37-41-45-49-53-57-61-65-71(76)70(69-75)74-72(77)66-62-58-54-50-46-42-38-34-31-27-25-28-32-36-40-44-48-52-56-60-64-68-79-73(78)67-63-59-55-51-47-43-39-35-29-22-20-18-16-14-12-10-8-6-4-2/h18,20,44,48,56,60-61,65,70-71,75-76H,3-17,19,21-43,45-47,49-55,57-59,62-64,66-69H2,1-2H3,(H,74,77)/b20-18-,48-44-,60-56-,65-61+. The average molecular weight is 1110 g/mol. The number of aliphatic hydroxyl groups is 2. The molecule has 2 unspecified atom stereocenters. The molecule has 6 nitrogen and oxygen atoms in total. The molecule has 6 heteroatoms. The predicted molar refractivity (Wildman–Crippen MR) is 347 cm³/mol. The number of nitrogens with one attached hydrogen (secondary N) is 1. The summed E-state index contributed by atoms with van der Waals surface area (Å²) in [5.41, 5.74) is 0. The van der Waals surface area contributed by atoms with Gasteiger partial charge in [0, 0.05) is 12.8 Å². The summed E-state index contributed by atoms with van der Waals surface area (Å²) in [4.78, 5) is 24.6. The molecule has 0 aliphatic carbocycles. The van der Waals surface area contributed by atoms with Crippen LogP contribution in [0.5, 0.6) is 0 Å². The van der Waals surface area contributed by atoms with E-state index in [2.05, 4.69) is 55.6 Å². The van der Waals surface area contributed by atoms with E-state index < -0.39 is 12.1 Å². The largest absolute Gasteiger partial charge is 0.465 e. The molecule has 0 aromatic rings. The van der Waals surface area contributed by atoms with Gasteiger partial charge in [-0.3, -0.25) is 9.59 Å². The summed E-state index contributed by atoms with van der Waals surface area (Å²) in [6.45, 7) is 4.82. The Bertz CT molecular complexity index is 1320. The molecule has 0 radical (unpaired) electrons. The van der Waals surface area contributed by atoms with Crippen LogP contribution in [0.2, 0.25) is 0 Å². The van der Waals surface area contributed by atoms with Gasteiger partial charge in [0.25, 0.3) is 0 Å². The molecule has 0 bridgehead atoms. The maximum Gasteiger partial charge on any atom is 0.305 e. The number of carbonyl (C=O) groups excluding carboxylic acids is 2. The van der Waals surface area contributed by atoms with E-state index in [0.29, 0.717) is 19.4 Å². The Morgan fingerprint density at radius 3 is 0.975 bits per heavy atom. The molecule has 1 amide bonds. The van der Waals surface area contributed by atoms with E-state index in [0.717, 1.165) is 51.4 Å². The molecule has 2 atom stereocenters. The van der Waals surface area contributed by atoms with Gasteiger partial charge in [-0.2, -0.15) is 0 Å². The van der Waals surface area contributed by atoms with Crippen LogP contribution in [0.15, 0.2) is 48.6 Å². The second-order valence-electron chi connectivity index (χ2n) is 24.2. The molecule has 0 saturated heterocycles. The summed E-state index contributed by atoms with van der Waals surface area (Å²) in [6.07, 6.45) is 89.1. The zero-order valence-electron chi connectivity index (χ0n) is 53.1. The Labute approximate surface area is 493 Å². The summed E-state index contributed by atoms with van der Waals surface area (Å²) < 4.78 is 5.44. The monoisotopic (exact) mass is 1110 g/mol. The second kappa shape index (κ2) is 68.3. The van der Waals surface area contributed by atoms with Crippen LogP contribution in [0.1, 0.15) is 380 Å². The van der Waals surface area contributed by atoms with Gasteiger partial charge in [-0.25, -0.2) is 0 Å². The fraction of sp³-hybridized carbons (Fsp3) is 0.863. The maximum absolute atomic E-state index is 12.5. The number of esters is 1. The Kier molecular flexibility index (Phi) is 66.4. The summed E-state index contributed by atoms with van der Waals surface area (Å²) in [6, 6.07) is -0.634. The van der Waals surface area contributed by atoms with E-state index in [1.54, 1.807) is 6.08 Å². The van der Waals surface area contributed by atoms with Crippen LogP contribution in [0.4, 0.5) is 0 Å². The first-order chi connectivity index (χ1) is 39.0. The van der Waals surface area contributed by atoms with Crippen molar-refractivity contribution in [2.45, 2.75) is 392 Å². The van der Waals surface area contributed by atoms with Gasteiger partial charge in [-0.1, -0.05) is 339 Å². The van der Waals surface area contributed by atoms with Crippen molar-refractivity contribution in [2.75, 3.05) is 13.2 Å². The van der Waals surface area contributed by atoms with Crippen LogP contribution in [0.25, 0.3) is 0 Å². The molecule has 464 valence electrons. The van der Waals surface area contributed by atoms with Crippen molar-refractivity contribution < 1.29 is 24.5 Å². The molecule has 0 rings (SSSR count). The van der Waals surface area contributed by atoms with Gasteiger partial charge in [0.05, 0.1) is 25.4 Å². The van der Waals surface area contributed by atoms with Crippen molar-refractivity contribution in [3.05, 3.63) is 48.6 Å². The quantitative estimate of drug-likeness (QED) is 0.0320. The van der Waals surface area contributed by atoms with Crippen molar-refractivity contribution in [1.29, 1.82) is 0 Å². The molecule has 0 aliphatic rings. The number of hydrogen-bond donors (Lipinski definition) is 3. The van der Waals surface area contributed by atoms with Crippen molar-refractivity contribution >= 4 is 11.9 Å². The Balaban J connectivity index is 3.47. The molecule has 3 N–H and O–H groups in total. The number of carbonyl (C=O) groups is 2. The zero-order valence-corrected chi connectivity index (χ0v) is 53.1. The van der Waals surface area contributed by atoms with Gasteiger partial charge < -0.3 is 20.3 Å². The first-order valence-corrected chi connectivity index (χ1v) is 35.4. The Morgan fingerprint density at radius 1 is 0.354 bits per heavy atom. The SMILES string of the molecule is CCCCCCCC/C=C\CCCCCCCCCCCC(=O)OCC/C=C\C/C=C\CCCCCCCCCCCCCCCCC(=O)NC(CO)C(O)/C=C/CCCCCCCCCCCCCCCCCCCCCC. The number of ether oxygens (including phenoxy) is 1. The topological polar surface area (TPSA) is 95.9 Å². The Morgan fingerprint density at radius 2 is 0.633 bits per heavy atom. The van der Waals surface area contributed by atoms with Gasteiger partial charge in [-0.05, 0) is 77.0 Å². The number of rotatable bonds is 66. The lowest BCUT2D eigenvalue weighted by atomic mass is 10.0. The first kappa shape index (κ1) is 76.8. The van der Waals surface area contributed by atoms with Crippen molar-refractivity contribution in [3.63, 3.8) is 0 Å². The molecule has 79 heavy (non-hydrogen) atoms. The lowest BCUT2D eigenvalue weighted by Crippen LogP contribution is -2.45. The van der Waals surface area contributed by atoms with Crippen molar-refractivity contribution in [1.82, 2.24) is 5.32 Å². The molecular formula is C73H137NO5. The van der Waals surface area contributed by atoms with E-state index in [9.17, 15) is 19.8 Å². The highest BCUT2D eigenvalue weighted by Crippen LogP contribution is 2.18. The van der Waals surface area contributed by atoms with Gasteiger partial charge in [0.2, 0.25) is 5.91 Å². The summed E-state index contributed by atoms with van der Waals surface area (Å²) in [5, 5.41) is 23.3. The van der Waals surface area contributed by atoms with Crippen LogP contribution in [-0.4, -0.2) is 47.4 Å². The third kappa shape index (κ3) is 64.8. The highest BCUT2D eigenvalue weighted by Gasteiger charge is 2.18. The lowest BCUT2D eigenvalue weighted by molar-refractivity contribution is -0.143. The van der Waals surface area contributed by atoms with Crippen LogP contribution >= 0.6 is 0 Å². The third-order valence-electron chi connectivity index (χ3n) is 16.3. The summed E-state index contributed by atoms with van der Waals surface area (Å²) >= 11 is 0. The van der Waals surface area contributed by atoms with E-state index >= 15 is 0 Å². The van der Waals surface area contributed by atoms with Gasteiger partial charge in [-0.15, -0.1) is 0 Å². The van der Waals surface area contributed by atoms with Crippen LogP contribution in [0, 0.1) is 0 Å². The number of hydrogen-bond acceptors (Lipinski definition) is 5. The summed E-state index contributed by atoms with van der Waals surface area (Å²) in [5.74, 6) is -0.105. The van der Waals surface area contributed by atoms with Crippen molar-refractivity contribution in [3.8, 4) is 0 Å². The number of allylic oxidation sites excluding steroid dienone is 6. The normalized spacial score (nSPS) is 12.8. The van der Waals surface area contributed by atoms with Gasteiger partial charge in [0.15, 0.2) is 0 Å². The minimum absolute atomic E-state index is 0.0358. The van der Waals surface area contributed by atoms with Crippen LogP contribution < -0.4 is 5.32 Å². The predicted octanol–water partition coefficient (Wildman–Crippen LogP) is 22.9. The average Bonchev–Trinajstić information content (AvgIpc) is 3.45. The van der Waals surface area contributed by atoms with E-state index in [-0.39, 0.29) is 18.5 Å². The minimum Gasteiger partial charge on any atom is -0.465 e. The number of unbranched alkanes of at least 4 members (excludes halogenated alkanes) is 49. The second-order valence-corrected chi connectivity index (χ2v) is 24.2. The fourth-order valence-corrected chi connectivity index (χ4v) is 10.9. The molecule has 0 aromatic heterocycles. The summed E-state index contributed by atoms with van der Waals surface area (Å²) in [7, 11) is 0. The maximum atomic E-state index is 12.5. The van der Waals surface area contributed by atoms with Crippen LogP contribution in [-0.2, 0) is 14.3 Å². The Hall–Kier alpha value is -2.18. The minimum atomic E-state index is -0.850. The number of aliphatic hydroxyl groups excluding tert-OH is 2. The highest BCUT2D eigenvalue weighted by atomic mass is 16.5. The number of amides is 1.